The Morgan fingerprint density at radius 2 is 1.06 bits per heavy atom. The van der Waals surface area contributed by atoms with Gasteiger partial charge in [0, 0.05) is 24.2 Å². The molecular formula is C28H37O5P. The molecule has 0 aliphatic rings. The standard InChI is InChI=1S/C28H37O5P/c1-18-14-20(3)25(21(4)15-18)27(30)34(32,13-11-9-8-10-12-33-24(7)29)28(31)26-22(5)16-19(2)17-23(26)6/h14-17H,8-13H2,1-7H3. The van der Waals surface area contributed by atoms with Gasteiger partial charge in [-0.25, -0.2) is 0 Å². The van der Waals surface area contributed by atoms with Gasteiger partial charge in [-0.15, -0.1) is 0 Å². The van der Waals surface area contributed by atoms with Crippen LogP contribution in [-0.2, 0) is 14.1 Å². The Morgan fingerprint density at radius 1 is 0.676 bits per heavy atom. The van der Waals surface area contributed by atoms with Gasteiger partial charge in [0.2, 0.25) is 18.2 Å². The Morgan fingerprint density at radius 3 is 1.44 bits per heavy atom. The van der Waals surface area contributed by atoms with E-state index in [1.165, 1.54) is 6.92 Å². The maximum atomic E-state index is 14.4. The summed E-state index contributed by atoms with van der Waals surface area (Å²) in [6, 6.07) is 7.58. The predicted octanol–water partition coefficient (Wildman–Crippen LogP) is 7.00. The minimum absolute atomic E-state index is 0.0394. The van der Waals surface area contributed by atoms with Crippen LogP contribution in [0.4, 0.5) is 0 Å². The van der Waals surface area contributed by atoms with Crippen molar-refractivity contribution in [3.05, 3.63) is 68.8 Å². The zero-order valence-corrected chi connectivity index (χ0v) is 22.4. The average molecular weight is 485 g/mol. The molecule has 0 fully saturated rings. The average Bonchev–Trinajstić information content (AvgIpc) is 2.70. The lowest BCUT2D eigenvalue weighted by molar-refractivity contribution is -0.141. The molecule has 0 aromatic heterocycles. The number of aryl methyl sites for hydroxylation is 6. The number of esters is 1. The van der Waals surface area contributed by atoms with Crippen molar-refractivity contribution in [2.75, 3.05) is 12.8 Å². The van der Waals surface area contributed by atoms with Gasteiger partial charge in [0.25, 0.3) is 0 Å². The summed E-state index contributed by atoms with van der Waals surface area (Å²) < 4.78 is 19.4. The number of unbranched alkanes of at least 4 members (excludes halogenated alkanes) is 3. The smallest absolute Gasteiger partial charge is 0.302 e. The van der Waals surface area contributed by atoms with Crippen LogP contribution < -0.4 is 0 Å². The summed E-state index contributed by atoms with van der Waals surface area (Å²) in [5.41, 5.74) is 4.75. The third-order valence-corrected chi connectivity index (χ3v) is 8.82. The molecule has 2 aromatic carbocycles. The molecule has 0 aliphatic heterocycles. The normalized spacial score (nSPS) is 11.4. The van der Waals surface area contributed by atoms with Crippen LogP contribution in [0.25, 0.3) is 0 Å². The van der Waals surface area contributed by atoms with Crippen molar-refractivity contribution in [3.8, 4) is 0 Å². The number of hydrogen-bond acceptors (Lipinski definition) is 5. The van der Waals surface area contributed by atoms with Crippen LogP contribution in [0.5, 0.6) is 0 Å². The van der Waals surface area contributed by atoms with E-state index in [4.69, 9.17) is 4.74 Å². The fourth-order valence-corrected chi connectivity index (χ4v) is 7.38. The molecule has 2 aromatic rings. The van der Waals surface area contributed by atoms with Crippen molar-refractivity contribution >= 4 is 24.2 Å². The van der Waals surface area contributed by atoms with E-state index in [1.807, 2.05) is 65.8 Å². The Balaban J connectivity index is 2.39. The lowest BCUT2D eigenvalue weighted by atomic mass is 10.0. The van der Waals surface area contributed by atoms with Crippen LogP contribution in [-0.4, -0.2) is 29.8 Å². The lowest BCUT2D eigenvalue weighted by Gasteiger charge is -2.21. The molecule has 184 valence electrons. The van der Waals surface area contributed by atoms with Crippen molar-refractivity contribution in [2.45, 2.75) is 74.1 Å². The van der Waals surface area contributed by atoms with Gasteiger partial charge >= 0.3 is 5.97 Å². The lowest BCUT2D eigenvalue weighted by Crippen LogP contribution is -2.17. The quantitative estimate of drug-likeness (QED) is 0.195. The van der Waals surface area contributed by atoms with Crippen LogP contribution in [0, 0.1) is 41.5 Å². The highest BCUT2D eigenvalue weighted by atomic mass is 31.2. The molecule has 6 heteroatoms. The second-order valence-corrected chi connectivity index (χ2v) is 12.1. The molecule has 0 saturated carbocycles. The van der Waals surface area contributed by atoms with Gasteiger partial charge in [0.1, 0.15) is 0 Å². The van der Waals surface area contributed by atoms with Crippen LogP contribution in [0.15, 0.2) is 24.3 Å². The number of carbonyl (C=O) groups excluding carboxylic acids is 3. The van der Waals surface area contributed by atoms with Crippen molar-refractivity contribution in [3.63, 3.8) is 0 Å². The Bertz CT molecular complexity index is 1030. The summed E-state index contributed by atoms with van der Waals surface area (Å²) in [5, 5.41) is 0. The van der Waals surface area contributed by atoms with Crippen molar-refractivity contribution in [1.82, 2.24) is 0 Å². The van der Waals surface area contributed by atoms with E-state index in [2.05, 4.69) is 0 Å². The molecule has 2 rings (SSSR count). The first-order chi connectivity index (χ1) is 15.9. The first-order valence-corrected chi connectivity index (χ1v) is 13.8. The van der Waals surface area contributed by atoms with Crippen LogP contribution >= 0.6 is 7.14 Å². The van der Waals surface area contributed by atoms with Gasteiger partial charge in [-0.2, -0.15) is 0 Å². The molecule has 0 radical (unpaired) electrons. The van der Waals surface area contributed by atoms with Crippen molar-refractivity contribution in [2.24, 2.45) is 0 Å². The number of carbonyl (C=O) groups is 3. The highest BCUT2D eigenvalue weighted by molar-refractivity contribution is 7.95. The molecule has 0 aliphatic carbocycles. The van der Waals surface area contributed by atoms with E-state index in [0.29, 0.717) is 37.0 Å². The highest BCUT2D eigenvalue weighted by Gasteiger charge is 2.42. The maximum absolute atomic E-state index is 14.4. The third kappa shape index (κ3) is 6.54. The molecule has 0 unspecified atom stereocenters. The molecule has 0 spiro atoms. The molecule has 0 heterocycles. The van der Waals surface area contributed by atoms with E-state index < -0.39 is 18.2 Å². The molecule has 0 bridgehead atoms. The van der Waals surface area contributed by atoms with Crippen molar-refractivity contribution in [1.29, 1.82) is 0 Å². The molecule has 0 amide bonds. The topological polar surface area (TPSA) is 77.5 Å². The number of benzene rings is 2. The third-order valence-electron chi connectivity index (χ3n) is 6.11. The van der Waals surface area contributed by atoms with Gasteiger partial charge < -0.3 is 9.30 Å². The van der Waals surface area contributed by atoms with Gasteiger partial charge in [0.05, 0.1) is 6.61 Å². The van der Waals surface area contributed by atoms with E-state index in [9.17, 15) is 18.9 Å². The first kappa shape index (κ1) is 27.7. The molecule has 0 atom stereocenters. The monoisotopic (exact) mass is 484 g/mol. The van der Waals surface area contributed by atoms with E-state index in [0.717, 1.165) is 39.8 Å². The minimum atomic E-state index is -3.92. The summed E-state index contributed by atoms with van der Waals surface area (Å²) in [4.78, 5) is 38.5. The first-order valence-electron chi connectivity index (χ1n) is 11.9. The number of ether oxygens (including phenoxy) is 1. The fourth-order valence-electron chi connectivity index (χ4n) is 4.70. The summed E-state index contributed by atoms with van der Waals surface area (Å²) in [5.74, 6) is -0.312. The molecule has 5 nitrogen and oxygen atoms in total. The van der Waals surface area contributed by atoms with Crippen LogP contribution in [0.1, 0.15) is 86.7 Å². The predicted molar refractivity (Wildman–Crippen MR) is 138 cm³/mol. The molecular weight excluding hydrogens is 447 g/mol. The minimum Gasteiger partial charge on any atom is -0.466 e. The summed E-state index contributed by atoms with van der Waals surface area (Å²) >= 11 is 0. The second kappa shape index (κ2) is 11.8. The van der Waals surface area contributed by atoms with Gasteiger partial charge in [-0.3, -0.25) is 14.4 Å². The summed E-state index contributed by atoms with van der Waals surface area (Å²) in [6.07, 6.45) is 2.68. The van der Waals surface area contributed by atoms with Crippen LogP contribution in [0.3, 0.4) is 0 Å². The van der Waals surface area contributed by atoms with Crippen molar-refractivity contribution < 1.29 is 23.7 Å². The van der Waals surface area contributed by atoms with Crippen LogP contribution in [0.2, 0.25) is 0 Å². The SMILES string of the molecule is CC(=O)OCCCCCCP(=O)(C(=O)c1c(C)cc(C)cc1C)C(=O)c1c(C)cc(C)cc1C. The fraction of sp³-hybridized carbons (Fsp3) is 0.464. The van der Waals surface area contributed by atoms with E-state index in [-0.39, 0.29) is 12.1 Å². The Hall–Kier alpha value is -2.52. The largest absolute Gasteiger partial charge is 0.466 e. The zero-order chi connectivity index (χ0) is 25.6. The van der Waals surface area contributed by atoms with Gasteiger partial charge in [-0.1, -0.05) is 48.2 Å². The van der Waals surface area contributed by atoms with Gasteiger partial charge in [0.15, 0.2) is 0 Å². The zero-order valence-electron chi connectivity index (χ0n) is 21.5. The maximum Gasteiger partial charge on any atom is 0.302 e. The highest BCUT2D eigenvalue weighted by Crippen LogP contribution is 2.54. The summed E-state index contributed by atoms with van der Waals surface area (Å²) in [6.45, 7) is 12.9. The summed E-state index contributed by atoms with van der Waals surface area (Å²) in [7, 11) is -3.92. The van der Waals surface area contributed by atoms with E-state index in [1.54, 1.807) is 0 Å². The molecule has 0 N–H and O–H groups in total. The Labute approximate surface area is 203 Å². The second-order valence-electron chi connectivity index (χ2n) is 9.38. The Kier molecular flexibility index (Phi) is 9.58. The number of rotatable bonds is 11. The van der Waals surface area contributed by atoms with Gasteiger partial charge in [-0.05, 0) is 76.6 Å². The molecule has 34 heavy (non-hydrogen) atoms. The van der Waals surface area contributed by atoms with E-state index >= 15 is 0 Å². The molecule has 0 saturated heterocycles. The number of hydrogen-bond donors (Lipinski definition) is 0.